The first-order valence-corrected chi connectivity index (χ1v) is 10.8. The number of carbonyl (C=O) groups is 1. The van der Waals surface area contributed by atoms with Crippen LogP contribution in [0.25, 0.3) is 0 Å². The van der Waals surface area contributed by atoms with Gasteiger partial charge in [-0.25, -0.2) is 4.98 Å². The molecule has 5 nitrogen and oxygen atoms in total. The van der Waals surface area contributed by atoms with Crippen LogP contribution in [0.5, 0.6) is 5.75 Å². The molecule has 2 aliphatic rings. The van der Waals surface area contributed by atoms with E-state index in [1.54, 1.807) is 18.9 Å². The van der Waals surface area contributed by atoms with E-state index >= 15 is 0 Å². The number of ether oxygens (including phenoxy) is 1. The maximum atomic E-state index is 12.8. The van der Waals surface area contributed by atoms with Gasteiger partial charge >= 0.3 is 0 Å². The van der Waals surface area contributed by atoms with Crippen LogP contribution in [0.3, 0.4) is 0 Å². The Kier molecular flexibility index (Phi) is 5.72. The summed E-state index contributed by atoms with van der Waals surface area (Å²) in [5.41, 5.74) is 0. The average molecular weight is 386 g/mol. The van der Waals surface area contributed by atoms with E-state index in [1.165, 1.54) is 18.7 Å². The van der Waals surface area contributed by atoms with Crippen molar-refractivity contribution in [3.8, 4) is 5.75 Å². The highest BCUT2D eigenvalue weighted by molar-refractivity contribution is 8.00. The van der Waals surface area contributed by atoms with Crippen LogP contribution in [-0.2, 0) is 11.3 Å². The third kappa shape index (κ3) is 4.67. The first-order valence-electron chi connectivity index (χ1n) is 9.78. The Bertz CT molecular complexity index is 787. The molecule has 1 saturated carbocycles. The quantitative estimate of drug-likeness (QED) is 0.680. The van der Waals surface area contributed by atoms with Gasteiger partial charge in [-0.1, -0.05) is 6.07 Å². The summed E-state index contributed by atoms with van der Waals surface area (Å²) >= 11 is 1.58. The summed E-state index contributed by atoms with van der Waals surface area (Å²) in [7, 11) is 1.66. The smallest absolute Gasteiger partial charge is 0.232 e. The first kappa shape index (κ1) is 18.4. The molecule has 0 radical (unpaired) electrons. The standard InChI is InChI=1S/C21H27N3O2S/c1-26-18-5-2-6-19(12-18)27-15-20(25)23-10-3-4-17(14-23)21-22-9-11-24(21)13-16-7-8-16/h2,5-6,9,11-12,16-17H,3-4,7-8,10,13-15H2,1H3/t17-/m0/s1. The SMILES string of the molecule is COc1cccc(SCC(=O)N2CCC[C@H](c3nccn3CC3CC3)C2)c1. The second kappa shape index (κ2) is 8.38. The lowest BCUT2D eigenvalue weighted by Gasteiger charge is -2.32. The fourth-order valence-corrected chi connectivity index (χ4v) is 4.60. The molecule has 6 heteroatoms. The van der Waals surface area contributed by atoms with Gasteiger partial charge in [0.05, 0.1) is 12.9 Å². The fourth-order valence-electron chi connectivity index (χ4n) is 3.76. The summed E-state index contributed by atoms with van der Waals surface area (Å²) in [6.07, 6.45) is 8.87. The largest absolute Gasteiger partial charge is 0.497 e. The zero-order valence-corrected chi connectivity index (χ0v) is 16.7. The minimum Gasteiger partial charge on any atom is -0.497 e. The molecule has 1 aromatic carbocycles. The van der Waals surface area contributed by atoms with Crippen molar-refractivity contribution in [1.29, 1.82) is 0 Å². The Balaban J connectivity index is 1.34. The maximum Gasteiger partial charge on any atom is 0.232 e. The van der Waals surface area contributed by atoms with Gasteiger partial charge in [-0.05, 0) is 49.8 Å². The highest BCUT2D eigenvalue weighted by Crippen LogP contribution is 2.33. The van der Waals surface area contributed by atoms with E-state index in [-0.39, 0.29) is 5.91 Å². The van der Waals surface area contributed by atoms with Gasteiger partial charge in [-0.2, -0.15) is 0 Å². The number of imidazole rings is 1. The van der Waals surface area contributed by atoms with Crippen molar-refractivity contribution >= 4 is 17.7 Å². The number of rotatable bonds is 7. The van der Waals surface area contributed by atoms with Gasteiger partial charge in [0.2, 0.25) is 5.91 Å². The molecule has 1 aliphatic heterocycles. The van der Waals surface area contributed by atoms with Gasteiger partial charge in [0, 0.05) is 42.8 Å². The summed E-state index contributed by atoms with van der Waals surface area (Å²) in [6.45, 7) is 2.74. The van der Waals surface area contributed by atoms with E-state index in [0.717, 1.165) is 49.0 Å². The minimum atomic E-state index is 0.216. The normalized spacial score (nSPS) is 19.9. The number of hydrogen-bond acceptors (Lipinski definition) is 4. The Morgan fingerprint density at radius 2 is 2.22 bits per heavy atom. The van der Waals surface area contributed by atoms with Crippen LogP contribution in [0, 0.1) is 5.92 Å². The van der Waals surface area contributed by atoms with E-state index in [2.05, 4.69) is 15.7 Å². The molecule has 1 saturated heterocycles. The summed E-state index contributed by atoms with van der Waals surface area (Å²) in [5.74, 6) is 3.87. The summed E-state index contributed by atoms with van der Waals surface area (Å²) in [4.78, 5) is 20.5. The van der Waals surface area contributed by atoms with E-state index in [4.69, 9.17) is 4.74 Å². The van der Waals surface area contributed by atoms with Gasteiger partial charge < -0.3 is 14.2 Å². The molecular formula is C21H27N3O2S. The second-order valence-electron chi connectivity index (χ2n) is 7.53. The predicted molar refractivity (Wildman–Crippen MR) is 107 cm³/mol. The van der Waals surface area contributed by atoms with Crippen LogP contribution in [0.15, 0.2) is 41.6 Å². The third-order valence-corrected chi connectivity index (χ3v) is 6.42. The molecule has 0 unspecified atom stereocenters. The van der Waals surface area contributed by atoms with Gasteiger partial charge in [-0.3, -0.25) is 4.79 Å². The molecule has 0 N–H and O–H groups in total. The number of piperidine rings is 1. The van der Waals surface area contributed by atoms with Crippen LogP contribution < -0.4 is 4.74 Å². The van der Waals surface area contributed by atoms with Gasteiger partial charge in [0.25, 0.3) is 0 Å². The Hall–Kier alpha value is -1.95. The number of aromatic nitrogens is 2. The highest BCUT2D eigenvalue weighted by Gasteiger charge is 2.29. The van der Waals surface area contributed by atoms with E-state index in [9.17, 15) is 4.79 Å². The Labute approximate surface area is 165 Å². The lowest BCUT2D eigenvalue weighted by atomic mass is 9.97. The van der Waals surface area contributed by atoms with Crippen LogP contribution in [0.4, 0.5) is 0 Å². The molecule has 2 aromatic rings. The van der Waals surface area contributed by atoms with Crippen molar-refractivity contribution in [3.63, 3.8) is 0 Å². The van der Waals surface area contributed by atoms with Crippen molar-refractivity contribution in [3.05, 3.63) is 42.5 Å². The first-order chi connectivity index (χ1) is 13.2. The molecule has 1 atom stereocenters. The average Bonchev–Trinajstić information content (AvgIpc) is 3.41. The topological polar surface area (TPSA) is 47.4 Å². The van der Waals surface area contributed by atoms with Crippen molar-refractivity contribution in [2.24, 2.45) is 5.92 Å². The zero-order valence-electron chi connectivity index (χ0n) is 15.8. The van der Waals surface area contributed by atoms with Gasteiger partial charge in [0.1, 0.15) is 11.6 Å². The molecule has 27 heavy (non-hydrogen) atoms. The third-order valence-electron chi connectivity index (χ3n) is 5.44. The number of methoxy groups -OCH3 is 1. The van der Waals surface area contributed by atoms with Crippen LogP contribution in [0.1, 0.15) is 37.4 Å². The minimum absolute atomic E-state index is 0.216. The molecule has 0 spiro atoms. The number of nitrogens with zero attached hydrogens (tertiary/aromatic N) is 3. The molecule has 1 aliphatic carbocycles. The van der Waals surface area contributed by atoms with Crippen molar-refractivity contribution < 1.29 is 9.53 Å². The van der Waals surface area contributed by atoms with E-state index < -0.39 is 0 Å². The van der Waals surface area contributed by atoms with Crippen molar-refractivity contribution in [1.82, 2.24) is 14.5 Å². The van der Waals surface area contributed by atoms with E-state index in [0.29, 0.717) is 11.7 Å². The van der Waals surface area contributed by atoms with Crippen LogP contribution in [0.2, 0.25) is 0 Å². The lowest BCUT2D eigenvalue weighted by Crippen LogP contribution is -2.40. The molecule has 144 valence electrons. The molecule has 2 heterocycles. The number of benzene rings is 1. The predicted octanol–water partition coefficient (Wildman–Crippen LogP) is 3.80. The van der Waals surface area contributed by atoms with Crippen LogP contribution >= 0.6 is 11.8 Å². The molecule has 1 amide bonds. The number of thioether (sulfide) groups is 1. The number of carbonyl (C=O) groups excluding carboxylic acids is 1. The maximum absolute atomic E-state index is 12.8. The summed E-state index contributed by atoms with van der Waals surface area (Å²) in [5, 5.41) is 0. The molecule has 1 aromatic heterocycles. The fraction of sp³-hybridized carbons (Fsp3) is 0.524. The highest BCUT2D eigenvalue weighted by atomic mass is 32.2. The summed E-state index contributed by atoms with van der Waals surface area (Å²) < 4.78 is 7.58. The Morgan fingerprint density at radius 3 is 3.04 bits per heavy atom. The lowest BCUT2D eigenvalue weighted by molar-refractivity contribution is -0.129. The number of hydrogen-bond donors (Lipinski definition) is 0. The molecule has 4 rings (SSSR count). The Morgan fingerprint density at radius 1 is 1.33 bits per heavy atom. The number of likely N-dealkylation sites (tertiary alicyclic amines) is 1. The second-order valence-corrected chi connectivity index (χ2v) is 8.58. The van der Waals surface area contributed by atoms with Crippen LogP contribution in [-0.4, -0.2) is 46.3 Å². The molecular weight excluding hydrogens is 358 g/mol. The monoisotopic (exact) mass is 385 g/mol. The molecule has 0 bridgehead atoms. The van der Waals surface area contributed by atoms with Crippen molar-refractivity contribution in [2.75, 3.05) is 26.0 Å². The van der Waals surface area contributed by atoms with E-state index in [1.807, 2.05) is 35.4 Å². The zero-order chi connectivity index (χ0) is 18.6. The van der Waals surface area contributed by atoms with Gasteiger partial charge in [-0.15, -0.1) is 11.8 Å². The molecule has 2 fully saturated rings. The summed E-state index contributed by atoms with van der Waals surface area (Å²) in [6, 6.07) is 7.88. The van der Waals surface area contributed by atoms with Crippen molar-refractivity contribution in [2.45, 2.75) is 43.0 Å². The van der Waals surface area contributed by atoms with Gasteiger partial charge in [0.15, 0.2) is 0 Å². The number of amides is 1.